The third kappa shape index (κ3) is 5.06. The Hall–Kier alpha value is -1.86. The molecular weight excluding hydrogens is 325 g/mol. The van der Waals surface area contributed by atoms with Gasteiger partial charge in [0.1, 0.15) is 11.6 Å². The Balaban J connectivity index is 1.50. The van der Waals surface area contributed by atoms with Crippen LogP contribution in [0.25, 0.3) is 0 Å². The number of halogens is 1. The Morgan fingerprint density at radius 1 is 1.24 bits per heavy atom. The van der Waals surface area contributed by atoms with Crippen molar-refractivity contribution in [2.24, 2.45) is 10.9 Å². The van der Waals surface area contributed by atoms with Gasteiger partial charge in [-0.05, 0) is 37.3 Å². The van der Waals surface area contributed by atoms with Gasteiger partial charge in [0.05, 0.1) is 6.61 Å². The summed E-state index contributed by atoms with van der Waals surface area (Å²) in [5, 5.41) is 6.55. The molecule has 0 bridgehead atoms. The Morgan fingerprint density at radius 3 is 2.88 bits per heavy atom. The van der Waals surface area contributed by atoms with Gasteiger partial charge in [0, 0.05) is 44.5 Å². The zero-order chi connectivity index (χ0) is 17.5. The van der Waals surface area contributed by atoms with E-state index < -0.39 is 0 Å². The van der Waals surface area contributed by atoms with E-state index in [0.717, 1.165) is 50.1 Å². The van der Waals surface area contributed by atoms with E-state index in [2.05, 4.69) is 15.6 Å². The maximum atomic E-state index is 13.8. The first-order valence-electron chi connectivity index (χ1n) is 8.80. The third-order valence-corrected chi connectivity index (χ3v) is 4.61. The summed E-state index contributed by atoms with van der Waals surface area (Å²) in [5.41, 5.74) is 1.51. The monoisotopic (exact) mass is 351 g/mol. The lowest BCUT2D eigenvalue weighted by molar-refractivity contribution is -0.0172. The van der Waals surface area contributed by atoms with Crippen LogP contribution in [-0.2, 0) is 22.6 Å². The molecular formula is C18H26FN3O3. The van der Waals surface area contributed by atoms with Crippen molar-refractivity contribution in [2.75, 3.05) is 33.6 Å². The summed E-state index contributed by atoms with van der Waals surface area (Å²) in [6.45, 7) is 3.60. The summed E-state index contributed by atoms with van der Waals surface area (Å²) in [6.07, 6.45) is 3.35. The number of ether oxygens (including phenoxy) is 3. The number of fused-ring (bicyclic) bond motifs is 1. The van der Waals surface area contributed by atoms with Gasteiger partial charge in [-0.25, -0.2) is 4.39 Å². The molecule has 0 aliphatic carbocycles. The van der Waals surface area contributed by atoms with Gasteiger partial charge >= 0.3 is 0 Å². The molecule has 0 atom stereocenters. The highest BCUT2D eigenvalue weighted by atomic mass is 19.1. The second-order valence-electron chi connectivity index (χ2n) is 6.36. The Bertz CT molecular complexity index is 603. The fraction of sp³-hybridized carbons (Fsp3) is 0.611. The summed E-state index contributed by atoms with van der Waals surface area (Å²) in [5.74, 6) is 1.84. The van der Waals surface area contributed by atoms with Crippen molar-refractivity contribution >= 4 is 5.96 Å². The van der Waals surface area contributed by atoms with Crippen LogP contribution in [0.4, 0.5) is 4.39 Å². The summed E-state index contributed by atoms with van der Waals surface area (Å²) < 4.78 is 29.9. The Morgan fingerprint density at radius 2 is 2.08 bits per heavy atom. The molecule has 2 heterocycles. The largest absolute Gasteiger partial charge is 0.467 e. The number of aliphatic imine (C=N–C) groups is 1. The first kappa shape index (κ1) is 17.9. The summed E-state index contributed by atoms with van der Waals surface area (Å²) >= 11 is 0. The average Bonchev–Trinajstić information content (AvgIpc) is 2.65. The van der Waals surface area contributed by atoms with E-state index in [1.807, 2.05) is 0 Å². The highest BCUT2D eigenvalue weighted by molar-refractivity contribution is 5.79. The molecule has 25 heavy (non-hydrogen) atoms. The molecule has 138 valence electrons. The molecule has 1 saturated heterocycles. The van der Waals surface area contributed by atoms with E-state index >= 15 is 0 Å². The number of benzene rings is 1. The van der Waals surface area contributed by atoms with Crippen LogP contribution in [0.1, 0.15) is 30.4 Å². The van der Waals surface area contributed by atoms with Crippen molar-refractivity contribution in [1.82, 2.24) is 10.6 Å². The van der Waals surface area contributed by atoms with Crippen LogP contribution in [-0.4, -0.2) is 39.6 Å². The molecule has 7 heteroatoms. The van der Waals surface area contributed by atoms with Crippen LogP contribution in [0.3, 0.4) is 0 Å². The lowest BCUT2D eigenvalue weighted by Crippen LogP contribution is -2.38. The van der Waals surface area contributed by atoms with E-state index in [-0.39, 0.29) is 12.6 Å². The molecule has 0 aromatic heterocycles. The molecule has 0 saturated carbocycles. The molecule has 1 aromatic carbocycles. The van der Waals surface area contributed by atoms with Crippen molar-refractivity contribution in [3.05, 3.63) is 29.1 Å². The van der Waals surface area contributed by atoms with Crippen LogP contribution < -0.4 is 15.4 Å². The maximum Gasteiger partial charge on any atom is 0.191 e. The highest BCUT2D eigenvalue weighted by Gasteiger charge is 2.17. The number of nitrogens with zero attached hydrogens (tertiary/aromatic N) is 1. The van der Waals surface area contributed by atoms with Crippen LogP contribution in [0, 0.1) is 11.7 Å². The maximum absolute atomic E-state index is 13.8. The molecule has 6 nitrogen and oxygen atoms in total. The van der Waals surface area contributed by atoms with Gasteiger partial charge in [0.2, 0.25) is 0 Å². The SMILES string of the molecule is CN=C(NCCC1CCOCC1)NCc1cc(F)cc2c1OCOC2. The molecule has 3 rings (SSSR count). The average molecular weight is 351 g/mol. The minimum atomic E-state index is -0.285. The smallest absolute Gasteiger partial charge is 0.191 e. The standard InChI is InChI=1S/C18H26FN3O3/c1-20-18(21-5-2-13-3-6-23-7-4-13)22-10-14-8-16(19)9-15-11-24-12-25-17(14)15/h8-9,13H,2-7,10-12H2,1H3,(H2,20,21,22). The number of hydrogen-bond donors (Lipinski definition) is 2. The number of hydrogen-bond acceptors (Lipinski definition) is 4. The highest BCUT2D eigenvalue weighted by Crippen LogP contribution is 2.29. The molecule has 1 aromatic rings. The van der Waals surface area contributed by atoms with E-state index in [0.29, 0.717) is 30.8 Å². The van der Waals surface area contributed by atoms with E-state index in [1.165, 1.54) is 12.1 Å². The van der Waals surface area contributed by atoms with Gasteiger partial charge in [-0.3, -0.25) is 4.99 Å². The quantitative estimate of drug-likeness (QED) is 0.629. The Kier molecular flexibility index (Phi) is 6.47. The minimum absolute atomic E-state index is 0.198. The molecule has 0 unspecified atom stereocenters. The van der Waals surface area contributed by atoms with Gasteiger partial charge in [0.25, 0.3) is 0 Å². The van der Waals surface area contributed by atoms with Crippen molar-refractivity contribution < 1.29 is 18.6 Å². The molecule has 2 aliphatic heterocycles. The summed E-state index contributed by atoms with van der Waals surface area (Å²) in [4.78, 5) is 4.23. The summed E-state index contributed by atoms with van der Waals surface area (Å²) in [7, 11) is 1.73. The van der Waals surface area contributed by atoms with Gasteiger partial charge < -0.3 is 24.8 Å². The van der Waals surface area contributed by atoms with Gasteiger partial charge in [-0.1, -0.05) is 0 Å². The lowest BCUT2D eigenvalue weighted by atomic mass is 9.97. The van der Waals surface area contributed by atoms with Crippen LogP contribution in [0.15, 0.2) is 17.1 Å². The number of rotatable bonds is 5. The first-order chi connectivity index (χ1) is 12.3. The second-order valence-corrected chi connectivity index (χ2v) is 6.36. The number of nitrogens with one attached hydrogen (secondary N) is 2. The van der Waals surface area contributed by atoms with Crippen molar-refractivity contribution in [3.8, 4) is 5.75 Å². The van der Waals surface area contributed by atoms with Gasteiger partial charge in [-0.15, -0.1) is 0 Å². The molecule has 0 amide bonds. The van der Waals surface area contributed by atoms with Crippen molar-refractivity contribution in [3.63, 3.8) is 0 Å². The van der Waals surface area contributed by atoms with Crippen LogP contribution in [0.2, 0.25) is 0 Å². The van der Waals surface area contributed by atoms with Crippen molar-refractivity contribution in [1.29, 1.82) is 0 Å². The van der Waals surface area contributed by atoms with E-state index in [4.69, 9.17) is 14.2 Å². The van der Waals surface area contributed by atoms with Crippen molar-refractivity contribution in [2.45, 2.75) is 32.4 Å². The zero-order valence-corrected chi connectivity index (χ0v) is 14.6. The zero-order valence-electron chi connectivity index (χ0n) is 14.6. The molecule has 2 aliphatic rings. The number of guanidine groups is 1. The summed E-state index contributed by atoms with van der Waals surface area (Å²) in [6, 6.07) is 2.95. The normalized spacial score (nSPS) is 18.4. The Labute approximate surface area is 147 Å². The van der Waals surface area contributed by atoms with Gasteiger partial charge in [-0.2, -0.15) is 0 Å². The van der Waals surface area contributed by atoms with Crippen LogP contribution in [0.5, 0.6) is 5.75 Å². The molecule has 1 fully saturated rings. The topological polar surface area (TPSA) is 64.1 Å². The fourth-order valence-corrected chi connectivity index (χ4v) is 3.22. The molecule has 2 N–H and O–H groups in total. The minimum Gasteiger partial charge on any atom is -0.467 e. The first-order valence-corrected chi connectivity index (χ1v) is 8.80. The predicted octanol–water partition coefficient (Wildman–Crippen LogP) is 2.17. The molecule has 0 spiro atoms. The van der Waals surface area contributed by atoms with Crippen LogP contribution >= 0.6 is 0 Å². The van der Waals surface area contributed by atoms with Gasteiger partial charge in [0.15, 0.2) is 12.8 Å². The second kappa shape index (κ2) is 9.01. The van der Waals surface area contributed by atoms with E-state index in [1.54, 1.807) is 7.05 Å². The van der Waals surface area contributed by atoms with E-state index in [9.17, 15) is 4.39 Å². The lowest BCUT2D eigenvalue weighted by Gasteiger charge is -2.23. The molecule has 0 radical (unpaired) electrons. The third-order valence-electron chi connectivity index (χ3n) is 4.61. The fourth-order valence-electron chi connectivity index (χ4n) is 3.22. The predicted molar refractivity (Wildman–Crippen MR) is 93.0 cm³/mol.